The molecule has 0 aromatic heterocycles. The summed E-state index contributed by atoms with van der Waals surface area (Å²) in [4.78, 5) is 24.2. The third kappa shape index (κ3) is 5.35. The summed E-state index contributed by atoms with van der Waals surface area (Å²) < 4.78 is 39.3. The van der Waals surface area contributed by atoms with Crippen molar-refractivity contribution in [1.29, 1.82) is 0 Å². The van der Waals surface area contributed by atoms with Crippen LogP contribution in [0, 0.1) is 0 Å². The molecule has 2 aromatic rings. The fraction of sp³-hybridized carbons (Fsp3) is 0.190. The number of hydrogen-bond donors (Lipinski definition) is 2. The first kappa shape index (κ1) is 23.5. The molecule has 0 atom stereocenters. The zero-order valence-corrected chi connectivity index (χ0v) is 19.6. The maximum atomic E-state index is 12.4. The number of esters is 2. The first-order valence-electron chi connectivity index (χ1n) is 9.58. The highest BCUT2D eigenvalue weighted by molar-refractivity contribution is 9.10. The Morgan fingerprint density at radius 3 is 2.34 bits per heavy atom. The van der Waals surface area contributed by atoms with Crippen LogP contribution in [0.15, 0.2) is 68.0 Å². The summed E-state index contributed by atoms with van der Waals surface area (Å²) in [5, 5.41) is 5.83. The highest BCUT2D eigenvalue weighted by Crippen LogP contribution is 2.30. The third-order valence-corrected chi connectivity index (χ3v) is 6.01. The molecule has 1 aliphatic rings. The molecule has 0 radical (unpaired) electrons. The number of fused-ring (bicyclic) bond motifs is 1. The molecule has 0 aliphatic carbocycles. The van der Waals surface area contributed by atoms with Crippen LogP contribution in [0.5, 0.6) is 0 Å². The molecule has 9 nitrogen and oxygen atoms in total. The molecule has 0 saturated carbocycles. The number of nitrogens with zero attached hydrogens (tertiary/aromatic N) is 1. The van der Waals surface area contributed by atoms with Crippen molar-refractivity contribution in [2.45, 2.75) is 18.7 Å². The number of ether oxygens (including phenoxy) is 2. The second kappa shape index (κ2) is 9.96. The number of hydrogen-bond acceptors (Lipinski definition) is 8. The van der Waals surface area contributed by atoms with Crippen LogP contribution >= 0.6 is 15.9 Å². The molecule has 0 unspecified atom stereocenters. The van der Waals surface area contributed by atoms with Crippen LogP contribution in [0.3, 0.4) is 0 Å². The summed E-state index contributed by atoms with van der Waals surface area (Å²) in [6.07, 6.45) is 1.17. The van der Waals surface area contributed by atoms with Crippen molar-refractivity contribution in [3.05, 3.63) is 64.3 Å². The Balaban J connectivity index is 1.91. The van der Waals surface area contributed by atoms with E-state index in [0.717, 1.165) is 4.47 Å². The first-order valence-corrected chi connectivity index (χ1v) is 11.8. The molecular formula is C21H20BrN3O6S. The number of carbonyl (C=O) groups is 2. The van der Waals surface area contributed by atoms with Gasteiger partial charge in [-0.3, -0.25) is 0 Å². The number of nitrogens with one attached hydrogen (secondary N) is 2. The Bertz CT molecular complexity index is 1200. The Hall–Kier alpha value is -3.18. The second-order valence-corrected chi connectivity index (χ2v) is 8.89. The summed E-state index contributed by atoms with van der Waals surface area (Å²) in [7, 11) is -3.85. The van der Waals surface area contributed by atoms with Crippen molar-refractivity contribution >= 4 is 55.1 Å². The minimum Gasteiger partial charge on any atom is -0.462 e. The normalized spacial score (nSPS) is 13.4. The van der Waals surface area contributed by atoms with Gasteiger partial charge in [0, 0.05) is 27.6 Å². The van der Waals surface area contributed by atoms with Crippen LogP contribution in [0.2, 0.25) is 0 Å². The summed E-state index contributed by atoms with van der Waals surface area (Å²) >= 11 is 3.37. The first-order chi connectivity index (χ1) is 15.2. The molecule has 2 aromatic carbocycles. The lowest BCUT2D eigenvalue weighted by atomic mass is 10.1. The zero-order valence-electron chi connectivity index (χ0n) is 17.2. The lowest BCUT2D eigenvalue weighted by molar-refractivity contribution is -0.146. The predicted octanol–water partition coefficient (Wildman–Crippen LogP) is 3.43. The smallest absolute Gasteiger partial charge is 0.347 e. The molecule has 2 N–H and O–H groups in total. The molecule has 1 heterocycles. The summed E-state index contributed by atoms with van der Waals surface area (Å²) in [6.45, 7) is 3.42. The molecule has 1 aliphatic heterocycles. The minimum absolute atomic E-state index is 0.0422. The fourth-order valence-corrected chi connectivity index (χ4v) is 4.37. The number of carbonyl (C=O) groups excluding carboxylic acids is 2. The monoisotopic (exact) mass is 521 g/mol. The number of rotatable bonds is 7. The van der Waals surface area contributed by atoms with E-state index in [4.69, 9.17) is 9.47 Å². The average molecular weight is 522 g/mol. The van der Waals surface area contributed by atoms with Gasteiger partial charge in [0.25, 0.3) is 10.0 Å². The van der Waals surface area contributed by atoms with E-state index in [0.29, 0.717) is 16.9 Å². The van der Waals surface area contributed by atoms with E-state index in [1.807, 2.05) is 6.07 Å². The van der Waals surface area contributed by atoms with Crippen molar-refractivity contribution in [3.63, 3.8) is 0 Å². The zero-order chi connectivity index (χ0) is 23.3. The molecule has 168 valence electrons. The second-order valence-electron chi connectivity index (χ2n) is 6.40. The molecule has 3 rings (SSSR count). The van der Waals surface area contributed by atoms with Gasteiger partial charge in [0.15, 0.2) is 11.4 Å². The van der Waals surface area contributed by atoms with Gasteiger partial charge in [0.2, 0.25) is 0 Å². The van der Waals surface area contributed by atoms with Crippen LogP contribution < -0.4 is 10.6 Å². The van der Waals surface area contributed by atoms with Crippen molar-refractivity contribution in [3.8, 4) is 0 Å². The predicted molar refractivity (Wildman–Crippen MR) is 123 cm³/mol. The fourth-order valence-electron chi connectivity index (χ4n) is 2.82. The molecular weight excluding hydrogens is 502 g/mol. The van der Waals surface area contributed by atoms with Crippen molar-refractivity contribution in [2.24, 2.45) is 4.40 Å². The summed E-state index contributed by atoms with van der Waals surface area (Å²) in [5.41, 5.74) is 1.10. The van der Waals surface area contributed by atoms with Crippen LogP contribution in [-0.2, 0) is 29.1 Å². The number of sulfonamides is 1. The maximum Gasteiger partial charge on any atom is 0.347 e. The lowest BCUT2D eigenvalue weighted by Crippen LogP contribution is -2.19. The van der Waals surface area contributed by atoms with E-state index in [2.05, 4.69) is 31.0 Å². The van der Waals surface area contributed by atoms with Crippen LogP contribution in [-0.4, -0.2) is 39.4 Å². The van der Waals surface area contributed by atoms with Gasteiger partial charge >= 0.3 is 11.9 Å². The van der Waals surface area contributed by atoms with Crippen molar-refractivity contribution < 1.29 is 27.5 Å². The maximum absolute atomic E-state index is 12.4. The Kier molecular flexibility index (Phi) is 7.31. The van der Waals surface area contributed by atoms with E-state index in [9.17, 15) is 18.0 Å². The van der Waals surface area contributed by atoms with Gasteiger partial charge < -0.3 is 20.1 Å². The van der Waals surface area contributed by atoms with E-state index in [1.165, 1.54) is 18.3 Å². The van der Waals surface area contributed by atoms with Gasteiger partial charge in [0.1, 0.15) is 4.90 Å². The molecule has 0 bridgehead atoms. The molecule has 0 spiro atoms. The largest absolute Gasteiger partial charge is 0.462 e. The summed E-state index contributed by atoms with van der Waals surface area (Å²) in [6, 6.07) is 11.6. The van der Waals surface area contributed by atoms with Gasteiger partial charge in [-0.1, -0.05) is 22.0 Å². The van der Waals surface area contributed by atoms with Gasteiger partial charge in [0.05, 0.1) is 13.2 Å². The molecule has 32 heavy (non-hydrogen) atoms. The standard InChI is InChI=1S/C21H20BrN3O6S/c1-3-30-20(26)17(21(27)31-4-2)12-23-14-8-9-18-16(11-14)19(25-32(18,28)29)24-15-7-5-6-13(22)10-15/h5-12,23H,3-4H2,1-2H3,(H,24,25). The highest BCUT2D eigenvalue weighted by atomic mass is 79.9. The Morgan fingerprint density at radius 2 is 1.72 bits per heavy atom. The Labute approximate surface area is 193 Å². The third-order valence-electron chi connectivity index (χ3n) is 4.19. The molecule has 0 fully saturated rings. The average Bonchev–Trinajstić information content (AvgIpc) is 2.98. The topological polar surface area (TPSA) is 123 Å². The molecule has 11 heteroatoms. The van der Waals surface area contributed by atoms with Gasteiger partial charge in [-0.2, -0.15) is 8.42 Å². The van der Waals surface area contributed by atoms with E-state index < -0.39 is 22.0 Å². The molecule has 0 amide bonds. The summed E-state index contributed by atoms with van der Waals surface area (Å²) in [5.74, 6) is -1.51. The van der Waals surface area contributed by atoms with Gasteiger partial charge in [-0.15, -0.1) is 4.40 Å². The van der Waals surface area contributed by atoms with Crippen LogP contribution in [0.4, 0.5) is 11.4 Å². The quantitative estimate of drug-likeness (QED) is 0.246. The van der Waals surface area contributed by atoms with E-state index in [1.54, 1.807) is 38.1 Å². The van der Waals surface area contributed by atoms with Crippen molar-refractivity contribution in [1.82, 2.24) is 0 Å². The lowest BCUT2D eigenvalue weighted by Gasteiger charge is -2.10. The minimum atomic E-state index is -3.85. The van der Waals surface area contributed by atoms with Crippen molar-refractivity contribution in [2.75, 3.05) is 23.8 Å². The Morgan fingerprint density at radius 1 is 1.03 bits per heavy atom. The SMILES string of the molecule is CCOC(=O)C(=CNc1ccc2c(c1)C(Nc1cccc(Br)c1)=NS2(=O)=O)C(=O)OCC. The van der Waals surface area contributed by atoms with E-state index in [-0.39, 0.29) is 29.5 Å². The number of benzene rings is 2. The van der Waals surface area contributed by atoms with Gasteiger partial charge in [-0.05, 0) is 50.2 Å². The van der Waals surface area contributed by atoms with E-state index >= 15 is 0 Å². The van der Waals surface area contributed by atoms with Crippen LogP contribution in [0.25, 0.3) is 0 Å². The number of halogens is 1. The van der Waals surface area contributed by atoms with Gasteiger partial charge in [-0.25, -0.2) is 9.59 Å². The highest BCUT2D eigenvalue weighted by Gasteiger charge is 2.29. The number of amidine groups is 1. The molecule has 0 saturated heterocycles. The van der Waals surface area contributed by atoms with Crippen LogP contribution in [0.1, 0.15) is 19.4 Å². The number of anilines is 2.